The van der Waals surface area contributed by atoms with Gasteiger partial charge in [0.2, 0.25) is 0 Å². The Morgan fingerprint density at radius 2 is 1.77 bits per heavy atom. The average Bonchev–Trinajstić information content (AvgIpc) is 3.32. The fourth-order valence-electron chi connectivity index (χ4n) is 6.14. The summed E-state index contributed by atoms with van der Waals surface area (Å²) in [4.78, 5) is 25.3. The van der Waals surface area contributed by atoms with Crippen LogP contribution < -0.4 is 4.74 Å². The van der Waals surface area contributed by atoms with Gasteiger partial charge in [-0.1, -0.05) is 18.2 Å². The number of piperidine rings is 1. The van der Waals surface area contributed by atoms with Crippen molar-refractivity contribution < 1.29 is 33.6 Å². The number of allylic oxidation sites excluding steroid dienone is 2. The third-order valence-electron chi connectivity index (χ3n) is 8.15. The smallest absolute Gasteiger partial charge is 0.410 e. The maximum atomic E-state index is 12.4. The fraction of sp³-hybridized carbons (Fsp3) is 0.486. The van der Waals surface area contributed by atoms with E-state index >= 15 is 0 Å². The highest BCUT2D eigenvalue weighted by Crippen LogP contribution is 2.38. The van der Waals surface area contributed by atoms with E-state index in [4.69, 9.17) is 24.1 Å². The maximum Gasteiger partial charge on any atom is 0.410 e. The highest BCUT2D eigenvalue weighted by Gasteiger charge is 2.31. The van der Waals surface area contributed by atoms with Crippen LogP contribution in [0.1, 0.15) is 69.6 Å². The molecule has 8 nitrogen and oxygen atoms in total. The molecule has 0 saturated carbocycles. The van der Waals surface area contributed by atoms with Gasteiger partial charge < -0.3 is 29.0 Å². The molecule has 3 aliphatic rings. The van der Waals surface area contributed by atoms with Crippen molar-refractivity contribution >= 4 is 12.1 Å². The van der Waals surface area contributed by atoms with Crippen LogP contribution in [0.2, 0.25) is 0 Å². The number of nitrogens with zero attached hydrogens (tertiary/aromatic N) is 1. The summed E-state index contributed by atoms with van der Waals surface area (Å²) in [7, 11) is 0. The zero-order valence-corrected chi connectivity index (χ0v) is 25.9. The lowest BCUT2D eigenvalue weighted by atomic mass is 9.90. The Morgan fingerprint density at radius 3 is 2.44 bits per heavy atom. The van der Waals surface area contributed by atoms with Crippen molar-refractivity contribution in [2.75, 3.05) is 19.7 Å². The summed E-state index contributed by atoms with van der Waals surface area (Å²) in [5.74, 6) is 1.67. The fourth-order valence-corrected chi connectivity index (χ4v) is 6.14. The number of carbonyl (C=O) groups excluding carboxylic acids is 1. The van der Waals surface area contributed by atoms with Crippen molar-refractivity contribution in [3.05, 3.63) is 76.3 Å². The molecule has 0 radical (unpaired) electrons. The lowest BCUT2D eigenvalue weighted by molar-refractivity contribution is -0.138. The summed E-state index contributed by atoms with van der Waals surface area (Å²) < 4.78 is 23.8. The van der Waals surface area contributed by atoms with Crippen LogP contribution in [-0.2, 0) is 25.6 Å². The summed E-state index contributed by atoms with van der Waals surface area (Å²) in [6, 6.07) is 12.6. The van der Waals surface area contributed by atoms with Crippen LogP contribution in [0.3, 0.4) is 0 Å². The number of rotatable bonds is 8. The summed E-state index contributed by atoms with van der Waals surface area (Å²) in [5.41, 5.74) is 6.28. The summed E-state index contributed by atoms with van der Waals surface area (Å²) in [6.07, 6.45) is 4.89. The van der Waals surface area contributed by atoms with Crippen LogP contribution in [0.5, 0.6) is 5.75 Å². The number of hydrogen-bond donors (Lipinski definition) is 1. The number of ether oxygens (including phenoxy) is 4. The molecule has 0 aromatic heterocycles. The van der Waals surface area contributed by atoms with Crippen LogP contribution in [-0.4, -0.2) is 53.5 Å². The Kier molecular flexibility index (Phi) is 9.04. The van der Waals surface area contributed by atoms with Crippen LogP contribution in [0, 0.1) is 19.8 Å². The normalized spacial score (nSPS) is 19.0. The molecule has 1 saturated heterocycles. The van der Waals surface area contributed by atoms with Crippen molar-refractivity contribution in [2.45, 2.75) is 85.0 Å². The van der Waals surface area contributed by atoms with Crippen molar-refractivity contribution in [3.63, 3.8) is 0 Å². The van der Waals surface area contributed by atoms with Gasteiger partial charge in [0.25, 0.3) is 0 Å². The number of carboxylic acids is 1. The summed E-state index contributed by atoms with van der Waals surface area (Å²) in [5, 5.41) is 9.16. The van der Waals surface area contributed by atoms with Crippen LogP contribution in [0.25, 0.3) is 11.1 Å². The first-order valence-corrected chi connectivity index (χ1v) is 15.2. The van der Waals surface area contributed by atoms with Gasteiger partial charge in [0, 0.05) is 44.3 Å². The molecule has 1 unspecified atom stereocenters. The van der Waals surface area contributed by atoms with Gasteiger partial charge in [-0.25, -0.2) is 4.79 Å². The SMILES string of the molecule is Cc1cc(OC2CCN(C(=O)OC(C)(C)C)CC2)cc(C)c1-c1cccc(COC2=CC3=C(CC2)C(CC(=O)O)CO3)c1. The number of benzene rings is 2. The number of carboxylic acid groups (broad SMARTS) is 1. The molecule has 2 aromatic carbocycles. The molecule has 1 fully saturated rings. The third kappa shape index (κ3) is 7.72. The van der Waals surface area contributed by atoms with Gasteiger partial charge in [0.1, 0.15) is 35.6 Å². The first kappa shape index (κ1) is 30.5. The lowest BCUT2D eigenvalue weighted by Gasteiger charge is -2.33. The van der Waals surface area contributed by atoms with E-state index in [1.54, 1.807) is 4.90 Å². The van der Waals surface area contributed by atoms with E-state index in [-0.39, 0.29) is 24.5 Å². The monoisotopic (exact) mass is 589 g/mol. The second-order valence-corrected chi connectivity index (χ2v) is 12.8. The molecule has 1 N–H and O–H groups in total. The molecular formula is C35H43NO7. The molecule has 1 atom stereocenters. The molecule has 5 rings (SSSR count). The van der Waals surface area contributed by atoms with Crippen LogP contribution >= 0.6 is 0 Å². The second-order valence-electron chi connectivity index (χ2n) is 12.8. The zero-order chi connectivity index (χ0) is 30.7. The second kappa shape index (κ2) is 12.7. The van der Waals surface area contributed by atoms with Gasteiger partial charge in [0.15, 0.2) is 0 Å². The number of carbonyl (C=O) groups is 2. The minimum absolute atomic E-state index is 0.0394. The summed E-state index contributed by atoms with van der Waals surface area (Å²) in [6.45, 7) is 12.0. The molecule has 2 heterocycles. The van der Waals surface area contributed by atoms with E-state index in [0.717, 1.165) is 70.8 Å². The molecule has 8 heteroatoms. The van der Waals surface area contributed by atoms with E-state index in [2.05, 4.69) is 50.2 Å². The highest BCUT2D eigenvalue weighted by atomic mass is 16.6. The van der Waals surface area contributed by atoms with Gasteiger partial charge in [-0.3, -0.25) is 4.79 Å². The van der Waals surface area contributed by atoms with E-state index in [1.165, 1.54) is 5.56 Å². The largest absolute Gasteiger partial charge is 0.493 e. The van der Waals surface area contributed by atoms with Gasteiger partial charge in [0.05, 0.1) is 13.0 Å². The Bertz CT molecular complexity index is 1400. The Labute approximate surface area is 254 Å². The average molecular weight is 590 g/mol. The molecule has 2 aliphatic heterocycles. The zero-order valence-electron chi connectivity index (χ0n) is 25.9. The Balaban J connectivity index is 1.19. The predicted octanol–water partition coefficient (Wildman–Crippen LogP) is 7.32. The number of aryl methyl sites for hydroxylation is 2. The topological polar surface area (TPSA) is 94.5 Å². The van der Waals surface area contributed by atoms with Gasteiger partial charge in [-0.2, -0.15) is 0 Å². The highest BCUT2D eigenvalue weighted by molar-refractivity contribution is 5.72. The van der Waals surface area contributed by atoms with Crippen molar-refractivity contribution in [1.82, 2.24) is 4.90 Å². The molecule has 0 bridgehead atoms. The van der Waals surface area contributed by atoms with E-state index in [0.29, 0.717) is 26.3 Å². The molecule has 2 aromatic rings. The van der Waals surface area contributed by atoms with E-state index in [9.17, 15) is 9.59 Å². The number of hydrogen-bond acceptors (Lipinski definition) is 6. The van der Waals surface area contributed by atoms with Crippen molar-refractivity contribution in [3.8, 4) is 16.9 Å². The number of likely N-dealkylation sites (tertiary alicyclic amines) is 1. The van der Waals surface area contributed by atoms with Crippen LogP contribution in [0.4, 0.5) is 4.79 Å². The van der Waals surface area contributed by atoms with E-state index in [1.807, 2.05) is 26.8 Å². The van der Waals surface area contributed by atoms with Gasteiger partial charge in [-0.05, 0) is 92.6 Å². The Morgan fingerprint density at radius 1 is 1.05 bits per heavy atom. The van der Waals surface area contributed by atoms with Gasteiger partial charge in [-0.15, -0.1) is 0 Å². The van der Waals surface area contributed by atoms with E-state index < -0.39 is 11.6 Å². The standard InChI is InChI=1S/C35H43NO7/c1-22-15-29(42-27-11-13-36(14-12-27)34(39)43-35(3,4)5)16-23(2)33(22)25-8-6-7-24(17-25)20-40-28-9-10-30-26(18-32(37)38)21-41-31(30)19-28/h6-8,15-17,19,26-27H,9-14,18,20-21H2,1-5H3,(H,37,38). The van der Waals surface area contributed by atoms with Crippen molar-refractivity contribution in [1.29, 1.82) is 0 Å². The first-order valence-electron chi connectivity index (χ1n) is 15.2. The number of aliphatic carboxylic acids is 1. The molecule has 230 valence electrons. The molecular weight excluding hydrogens is 546 g/mol. The molecule has 0 spiro atoms. The molecule has 1 aliphatic carbocycles. The van der Waals surface area contributed by atoms with Crippen LogP contribution in [0.15, 0.2) is 59.6 Å². The minimum atomic E-state index is -0.793. The Hall–Kier alpha value is -3.94. The number of amides is 1. The summed E-state index contributed by atoms with van der Waals surface area (Å²) >= 11 is 0. The maximum absolute atomic E-state index is 12.4. The molecule has 43 heavy (non-hydrogen) atoms. The van der Waals surface area contributed by atoms with Crippen molar-refractivity contribution in [2.24, 2.45) is 5.92 Å². The van der Waals surface area contributed by atoms with Gasteiger partial charge >= 0.3 is 12.1 Å². The lowest BCUT2D eigenvalue weighted by Crippen LogP contribution is -2.44. The third-order valence-corrected chi connectivity index (χ3v) is 8.15. The minimum Gasteiger partial charge on any atom is -0.493 e. The quantitative estimate of drug-likeness (QED) is 0.345. The molecule has 1 amide bonds. The predicted molar refractivity (Wildman–Crippen MR) is 164 cm³/mol. The first-order chi connectivity index (χ1) is 20.4.